The minimum absolute atomic E-state index is 0.246. The maximum absolute atomic E-state index is 14.8. The molecule has 3 aromatic rings. The first-order valence-corrected chi connectivity index (χ1v) is 9.80. The zero-order valence-corrected chi connectivity index (χ0v) is 16.8. The first kappa shape index (κ1) is 14.2. The van der Waals surface area contributed by atoms with Crippen LogP contribution in [0.1, 0.15) is 52.6 Å². The van der Waals surface area contributed by atoms with Crippen molar-refractivity contribution in [1.82, 2.24) is 20.1 Å². The van der Waals surface area contributed by atoms with E-state index in [-0.39, 0.29) is 5.56 Å². The molecule has 170 valence electrons. The minimum Gasteiger partial charge on any atom is -0.476 e. The highest BCUT2D eigenvalue weighted by atomic mass is 19.3. The molecule has 0 aliphatic carbocycles. The summed E-state index contributed by atoms with van der Waals surface area (Å²) in [5.74, 6) is -2.57. The van der Waals surface area contributed by atoms with E-state index in [4.69, 9.17) is 21.4 Å². The van der Waals surface area contributed by atoms with Gasteiger partial charge in [0.25, 0.3) is 6.43 Å². The number of rotatable bonds is 6. The maximum Gasteiger partial charge on any atom is 0.279 e. The average molecular weight is 454 g/mol. The summed E-state index contributed by atoms with van der Waals surface area (Å²) in [6, 6.07) is 1.31. The van der Waals surface area contributed by atoms with Gasteiger partial charge in [-0.15, -0.1) is 0 Å². The molecule has 32 heavy (non-hydrogen) atoms. The van der Waals surface area contributed by atoms with Crippen LogP contribution in [0.3, 0.4) is 0 Å². The Kier molecular flexibility index (Phi) is 4.07. The molecule has 1 saturated heterocycles. The van der Waals surface area contributed by atoms with Crippen LogP contribution in [0.4, 0.5) is 19.0 Å². The molecule has 1 unspecified atom stereocenters. The molecule has 1 fully saturated rings. The normalized spacial score (nSPS) is 22.2. The van der Waals surface area contributed by atoms with E-state index in [1.165, 1.54) is 17.1 Å². The number of halogens is 3. The summed E-state index contributed by atoms with van der Waals surface area (Å²) >= 11 is 0. The Morgan fingerprint density at radius 3 is 2.81 bits per heavy atom. The number of ether oxygens (including phenoxy) is 1. The summed E-state index contributed by atoms with van der Waals surface area (Å²) in [5.41, 5.74) is 2.81. The van der Waals surface area contributed by atoms with Crippen molar-refractivity contribution in [3.63, 3.8) is 0 Å². The van der Waals surface area contributed by atoms with Crippen LogP contribution in [-0.4, -0.2) is 34.3 Å². The number of nitrogen functional groups attached to an aromatic ring is 1. The smallest absolute Gasteiger partial charge is 0.279 e. The van der Waals surface area contributed by atoms with Crippen molar-refractivity contribution >= 4 is 5.82 Å². The summed E-state index contributed by atoms with van der Waals surface area (Å²) in [6.45, 7) is -5.37. The molecule has 1 atom stereocenters. The zero-order chi connectivity index (χ0) is 29.7. The molecule has 6 nitrogen and oxygen atoms in total. The molecule has 1 aliphatic heterocycles. The second-order valence-electron chi connectivity index (χ2n) is 7.21. The number of hydrogen-bond donors (Lipinski definition) is 2. The number of nitrogens with two attached hydrogens (primary N) is 1. The van der Waals surface area contributed by atoms with Crippen LogP contribution in [0.2, 0.25) is 0 Å². The largest absolute Gasteiger partial charge is 0.476 e. The molecule has 3 heterocycles. The lowest BCUT2D eigenvalue weighted by atomic mass is 9.97. The third-order valence-corrected chi connectivity index (χ3v) is 5.12. The van der Waals surface area contributed by atoms with Gasteiger partial charge in [-0.05, 0) is 62.9 Å². The van der Waals surface area contributed by atoms with E-state index >= 15 is 0 Å². The predicted molar refractivity (Wildman–Crippen MR) is 116 cm³/mol. The monoisotopic (exact) mass is 453 g/mol. The van der Waals surface area contributed by atoms with E-state index in [0.717, 1.165) is 6.07 Å². The number of piperidine rings is 1. The highest BCUT2D eigenvalue weighted by Gasteiger charge is 2.30. The van der Waals surface area contributed by atoms with E-state index in [9.17, 15) is 13.2 Å². The summed E-state index contributed by atoms with van der Waals surface area (Å²) < 4.78 is 114. The van der Waals surface area contributed by atoms with Gasteiger partial charge in [-0.1, -0.05) is 6.07 Å². The van der Waals surface area contributed by atoms with Crippen molar-refractivity contribution in [2.75, 3.05) is 18.8 Å². The highest BCUT2D eigenvalue weighted by molar-refractivity contribution is 5.66. The topological polar surface area (TPSA) is 78.0 Å². The molecule has 0 radical (unpaired) electrons. The van der Waals surface area contributed by atoms with Gasteiger partial charge >= 0.3 is 0 Å². The summed E-state index contributed by atoms with van der Waals surface area (Å²) in [6.07, 6.45) is -2.34. The van der Waals surface area contributed by atoms with Gasteiger partial charge in [-0.25, -0.2) is 18.2 Å². The van der Waals surface area contributed by atoms with Gasteiger partial charge in [0.15, 0.2) is 17.6 Å². The highest BCUT2D eigenvalue weighted by Crippen LogP contribution is 2.36. The second-order valence-corrected chi connectivity index (χ2v) is 7.21. The molecular formula is C23H26F3N5O. The fourth-order valence-electron chi connectivity index (χ4n) is 3.44. The van der Waals surface area contributed by atoms with Crippen molar-refractivity contribution in [3.8, 4) is 16.9 Å². The Morgan fingerprint density at radius 2 is 2.09 bits per heavy atom. The number of alkyl halides is 2. The number of aromatic nitrogens is 3. The van der Waals surface area contributed by atoms with Crippen molar-refractivity contribution in [2.45, 2.75) is 45.1 Å². The molecule has 0 bridgehead atoms. The Hall–Kier alpha value is -3.07. The van der Waals surface area contributed by atoms with Gasteiger partial charge < -0.3 is 15.8 Å². The molecule has 1 aliphatic rings. The van der Waals surface area contributed by atoms with Crippen molar-refractivity contribution < 1.29 is 28.9 Å². The first-order valence-electron chi connectivity index (χ1n) is 13.8. The molecule has 3 N–H and O–H groups in total. The van der Waals surface area contributed by atoms with Crippen LogP contribution < -0.4 is 15.8 Å². The van der Waals surface area contributed by atoms with E-state index in [1.807, 2.05) is 0 Å². The number of hydrogen-bond acceptors (Lipinski definition) is 5. The minimum atomic E-state index is -3.86. The second kappa shape index (κ2) is 9.20. The first-order chi connectivity index (χ1) is 18.5. The summed E-state index contributed by atoms with van der Waals surface area (Å²) in [7, 11) is 0. The zero-order valence-electron chi connectivity index (χ0n) is 24.8. The summed E-state index contributed by atoms with van der Waals surface area (Å²) in [5, 5.41) is 7.42. The van der Waals surface area contributed by atoms with Crippen LogP contribution in [0, 0.1) is 19.5 Å². The third kappa shape index (κ3) is 4.43. The van der Waals surface area contributed by atoms with Crippen LogP contribution in [-0.2, 0) is 0 Å². The van der Waals surface area contributed by atoms with Gasteiger partial charge in [0, 0.05) is 37.3 Å². The SMILES string of the molecule is [2H]C([2H])([2H])c1ccc(F)c(C([2H])([2H])[2H])c1C([2H])(Oc1cc(-c2cnn(C3([2H])CCNCC3)c2)cnc1N)C(F)F. The van der Waals surface area contributed by atoms with Crippen LogP contribution in [0.25, 0.3) is 11.1 Å². The number of pyridine rings is 1. The molecular weight excluding hydrogens is 419 g/mol. The number of nitrogens with zero attached hydrogens (tertiary/aromatic N) is 3. The Balaban J connectivity index is 1.83. The standard InChI is InChI=1S/C23H26F3N5O/c1-13-3-4-18(24)14(2)20(13)21(22(25)26)32-19-9-15(10-29-23(19)27)16-11-30-31(12-16)17-5-7-28-8-6-17/h3-4,9-12,17,21-22,28H,5-8H2,1-2H3,(H2,27,29)/i1D3,2D3,17D,21D. The van der Waals surface area contributed by atoms with Gasteiger partial charge in [0.1, 0.15) is 5.82 Å². The molecule has 9 heteroatoms. The Bertz CT molecular complexity index is 1390. The molecule has 4 rings (SSSR count). The number of nitrogens with one attached hydrogen (secondary N) is 1. The summed E-state index contributed by atoms with van der Waals surface area (Å²) in [4.78, 5) is 3.93. The lowest BCUT2D eigenvalue weighted by Crippen LogP contribution is -2.29. The number of anilines is 1. The van der Waals surface area contributed by atoms with Crippen molar-refractivity contribution in [1.29, 1.82) is 0 Å². The van der Waals surface area contributed by atoms with Crippen LogP contribution in [0.5, 0.6) is 5.75 Å². The average Bonchev–Trinajstić information content (AvgIpc) is 3.35. The molecule has 0 spiro atoms. The van der Waals surface area contributed by atoms with Gasteiger partial charge in [0.2, 0.25) is 0 Å². The van der Waals surface area contributed by atoms with Crippen LogP contribution >= 0.6 is 0 Å². The van der Waals surface area contributed by atoms with E-state index in [0.29, 0.717) is 43.6 Å². The quantitative estimate of drug-likeness (QED) is 0.571. The molecule has 1 aromatic carbocycles. The lowest BCUT2D eigenvalue weighted by molar-refractivity contribution is 0.00988. The fraction of sp³-hybridized carbons (Fsp3) is 0.391. The van der Waals surface area contributed by atoms with Crippen molar-refractivity contribution in [3.05, 3.63) is 59.3 Å². The number of aryl methyl sites for hydroxylation is 1. The van der Waals surface area contributed by atoms with Gasteiger partial charge in [0.05, 0.1) is 15.0 Å². The van der Waals surface area contributed by atoms with E-state index < -0.39 is 66.3 Å². The predicted octanol–water partition coefficient (Wildman–Crippen LogP) is 4.59. The fourth-order valence-corrected chi connectivity index (χ4v) is 3.44. The van der Waals surface area contributed by atoms with E-state index in [2.05, 4.69) is 15.4 Å². The third-order valence-electron chi connectivity index (χ3n) is 5.12. The van der Waals surface area contributed by atoms with Crippen LogP contribution in [0.15, 0.2) is 36.8 Å². The Labute approximate surface area is 195 Å². The van der Waals surface area contributed by atoms with E-state index in [1.54, 1.807) is 6.20 Å². The number of benzene rings is 1. The molecule has 0 amide bonds. The Morgan fingerprint density at radius 1 is 1.28 bits per heavy atom. The maximum atomic E-state index is 14.8. The van der Waals surface area contributed by atoms with Gasteiger partial charge in [-0.3, -0.25) is 4.68 Å². The van der Waals surface area contributed by atoms with Crippen molar-refractivity contribution in [2.24, 2.45) is 0 Å². The lowest BCUT2D eigenvalue weighted by Gasteiger charge is -2.23. The van der Waals surface area contributed by atoms with Gasteiger partial charge in [-0.2, -0.15) is 5.10 Å². The molecule has 0 saturated carbocycles. The molecule has 2 aromatic heterocycles.